The van der Waals surface area contributed by atoms with E-state index in [1.807, 2.05) is 36.4 Å². The molecule has 2 aromatic carbocycles. The number of rotatable bonds is 6. The molecule has 0 radical (unpaired) electrons. The van der Waals surface area contributed by atoms with E-state index in [0.717, 1.165) is 11.3 Å². The Morgan fingerprint density at radius 2 is 1.63 bits per heavy atom. The van der Waals surface area contributed by atoms with Crippen molar-refractivity contribution in [2.45, 2.75) is 6.54 Å². The molecule has 0 saturated heterocycles. The lowest BCUT2D eigenvalue weighted by atomic mass is 10.2. The number of esters is 1. The molecule has 6 heteroatoms. The summed E-state index contributed by atoms with van der Waals surface area (Å²) in [5, 5.41) is 6.01. The molecule has 0 aliphatic carbocycles. The number of ether oxygens (including phenoxy) is 1. The predicted molar refractivity (Wildman–Crippen MR) is 104 cm³/mol. The SMILES string of the molecule is COC(=O)c1ccc(NC(=O)c2ccc(NCc3ccccc3)cn2)cc1. The Morgan fingerprint density at radius 3 is 2.26 bits per heavy atom. The lowest BCUT2D eigenvalue weighted by molar-refractivity contribution is 0.0600. The minimum atomic E-state index is -0.423. The van der Waals surface area contributed by atoms with Crippen LogP contribution < -0.4 is 10.6 Å². The summed E-state index contributed by atoms with van der Waals surface area (Å²) in [6, 6.07) is 19.9. The average Bonchev–Trinajstić information content (AvgIpc) is 2.73. The number of methoxy groups -OCH3 is 1. The van der Waals surface area contributed by atoms with Crippen molar-refractivity contribution in [2.75, 3.05) is 17.7 Å². The quantitative estimate of drug-likeness (QED) is 0.654. The molecular weight excluding hydrogens is 342 g/mol. The third-order valence-electron chi connectivity index (χ3n) is 3.90. The van der Waals surface area contributed by atoms with Gasteiger partial charge in [0, 0.05) is 12.2 Å². The number of pyridine rings is 1. The van der Waals surface area contributed by atoms with Crippen molar-refractivity contribution in [1.29, 1.82) is 0 Å². The van der Waals surface area contributed by atoms with Crippen LogP contribution in [0.5, 0.6) is 0 Å². The van der Waals surface area contributed by atoms with Crippen LogP contribution in [0.1, 0.15) is 26.4 Å². The number of carbonyl (C=O) groups is 2. The van der Waals surface area contributed by atoms with E-state index < -0.39 is 5.97 Å². The topological polar surface area (TPSA) is 80.3 Å². The second-order valence-electron chi connectivity index (χ2n) is 5.79. The fraction of sp³-hybridized carbons (Fsp3) is 0.0952. The summed E-state index contributed by atoms with van der Waals surface area (Å²) in [5.41, 5.74) is 3.29. The van der Waals surface area contributed by atoms with E-state index in [-0.39, 0.29) is 5.91 Å². The number of hydrogen-bond acceptors (Lipinski definition) is 5. The van der Waals surface area contributed by atoms with Crippen LogP contribution >= 0.6 is 0 Å². The lowest BCUT2D eigenvalue weighted by Crippen LogP contribution is -2.14. The molecule has 6 nitrogen and oxygen atoms in total. The van der Waals surface area contributed by atoms with Gasteiger partial charge in [-0.3, -0.25) is 4.79 Å². The number of aromatic nitrogens is 1. The molecule has 0 fully saturated rings. The summed E-state index contributed by atoms with van der Waals surface area (Å²) < 4.78 is 4.64. The molecule has 136 valence electrons. The maximum absolute atomic E-state index is 12.3. The summed E-state index contributed by atoms with van der Waals surface area (Å²) >= 11 is 0. The van der Waals surface area contributed by atoms with Crippen LogP contribution in [0, 0.1) is 0 Å². The first-order valence-corrected chi connectivity index (χ1v) is 8.39. The zero-order chi connectivity index (χ0) is 19.1. The molecule has 0 unspecified atom stereocenters. The maximum atomic E-state index is 12.3. The number of nitrogens with one attached hydrogen (secondary N) is 2. The molecule has 27 heavy (non-hydrogen) atoms. The standard InChI is InChI=1S/C21H19N3O3/c1-27-21(26)16-7-9-17(10-8-16)24-20(25)19-12-11-18(14-23-19)22-13-15-5-3-2-4-6-15/h2-12,14,22H,13H2,1H3,(H,24,25). The Hall–Kier alpha value is -3.67. The second kappa shape index (κ2) is 8.62. The summed E-state index contributed by atoms with van der Waals surface area (Å²) in [6.07, 6.45) is 1.62. The summed E-state index contributed by atoms with van der Waals surface area (Å²) in [7, 11) is 1.32. The number of amides is 1. The Labute approximate surface area is 157 Å². The normalized spacial score (nSPS) is 10.1. The molecule has 2 N–H and O–H groups in total. The van der Waals surface area contributed by atoms with Gasteiger partial charge in [-0.2, -0.15) is 0 Å². The second-order valence-corrected chi connectivity index (χ2v) is 5.79. The summed E-state index contributed by atoms with van der Waals surface area (Å²) in [4.78, 5) is 27.9. The molecule has 0 spiro atoms. The van der Waals surface area contributed by atoms with E-state index in [4.69, 9.17) is 0 Å². The minimum Gasteiger partial charge on any atom is -0.465 e. The first kappa shape index (κ1) is 18.1. The van der Waals surface area contributed by atoms with Crippen LogP contribution in [0.4, 0.5) is 11.4 Å². The first-order chi connectivity index (χ1) is 13.2. The molecule has 1 amide bonds. The van der Waals surface area contributed by atoms with Crippen molar-refractivity contribution >= 4 is 23.3 Å². The van der Waals surface area contributed by atoms with Gasteiger partial charge in [-0.25, -0.2) is 9.78 Å². The van der Waals surface area contributed by atoms with Crippen LogP contribution in [-0.4, -0.2) is 24.0 Å². The van der Waals surface area contributed by atoms with Crippen molar-refractivity contribution < 1.29 is 14.3 Å². The highest BCUT2D eigenvalue weighted by atomic mass is 16.5. The molecule has 0 aliphatic heterocycles. The molecule has 0 bridgehead atoms. The summed E-state index contributed by atoms with van der Waals surface area (Å²) in [6.45, 7) is 0.681. The third kappa shape index (κ3) is 4.92. The average molecular weight is 361 g/mol. The molecule has 1 heterocycles. The molecule has 0 aliphatic rings. The number of benzene rings is 2. The monoisotopic (exact) mass is 361 g/mol. The number of nitrogens with zero attached hydrogens (tertiary/aromatic N) is 1. The van der Waals surface area contributed by atoms with Gasteiger partial charge in [0.05, 0.1) is 24.6 Å². The first-order valence-electron chi connectivity index (χ1n) is 8.39. The van der Waals surface area contributed by atoms with Crippen LogP contribution in [0.3, 0.4) is 0 Å². The lowest BCUT2D eigenvalue weighted by Gasteiger charge is -2.08. The highest BCUT2D eigenvalue weighted by Gasteiger charge is 2.09. The Balaban J connectivity index is 1.58. The zero-order valence-electron chi connectivity index (χ0n) is 14.8. The van der Waals surface area contributed by atoms with Gasteiger partial charge in [-0.1, -0.05) is 30.3 Å². The van der Waals surface area contributed by atoms with Crippen LogP contribution in [0.25, 0.3) is 0 Å². The minimum absolute atomic E-state index is 0.303. The molecule has 0 saturated carbocycles. The van der Waals surface area contributed by atoms with Gasteiger partial charge in [-0.15, -0.1) is 0 Å². The Bertz CT molecular complexity index is 908. The number of carbonyl (C=O) groups excluding carboxylic acids is 2. The van der Waals surface area contributed by atoms with E-state index in [1.165, 1.54) is 7.11 Å². The van der Waals surface area contributed by atoms with Crippen molar-refractivity contribution in [2.24, 2.45) is 0 Å². The fourth-order valence-electron chi connectivity index (χ4n) is 2.44. The van der Waals surface area contributed by atoms with E-state index in [1.54, 1.807) is 36.5 Å². The highest BCUT2D eigenvalue weighted by molar-refractivity contribution is 6.03. The van der Waals surface area contributed by atoms with Gasteiger partial charge in [-0.05, 0) is 42.0 Å². The molecule has 3 rings (SSSR count). The largest absolute Gasteiger partial charge is 0.465 e. The van der Waals surface area contributed by atoms with Crippen molar-refractivity contribution in [3.05, 3.63) is 89.7 Å². The molecule has 3 aromatic rings. The molecule has 0 atom stereocenters. The van der Waals surface area contributed by atoms with Crippen LogP contribution in [-0.2, 0) is 11.3 Å². The van der Waals surface area contributed by atoms with Crippen molar-refractivity contribution in [3.8, 4) is 0 Å². The molecule has 1 aromatic heterocycles. The molecular formula is C21H19N3O3. The van der Waals surface area contributed by atoms with Gasteiger partial charge in [0.15, 0.2) is 0 Å². The predicted octanol–water partition coefficient (Wildman–Crippen LogP) is 3.73. The van der Waals surface area contributed by atoms with Crippen LogP contribution in [0.2, 0.25) is 0 Å². The van der Waals surface area contributed by atoms with Gasteiger partial charge in [0.1, 0.15) is 5.69 Å². The number of anilines is 2. The highest BCUT2D eigenvalue weighted by Crippen LogP contribution is 2.13. The van der Waals surface area contributed by atoms with Crippen LogP contribution in [0.15, 0.2) is 72.9 Å². The smallest absolute Gasteiger partial charge is 0.337 e. The Morgan fingerprint density at radius 1 is 0.926 bits per heavy atom. The maximum Gasteiger partial charge on any atom is 0.337 e. The van der Waals surface area contributed by atoms with Gasteiger partial charge in [0.25, 0.3) is 5.91 Å². The van der Waals surface area contributed by atoms with Gasteiger partial charge in [0.2, 0.25) is 0 Å². The van der Waals surface area contributed by atoms with E-state index >= 15 is 0 Å². The van der Waals surface area contributed by atoms with E-state index in [2.05, 4.69) is 20.4 Å². The van der Waals surface area contributed by atoms with Gasteiger partial charge < -0.3 is 15.4 Å². The Kier molecular flexibility index (Phi) is 5.79. The number of hydrogen-bond donors (Lipinski definition) is 2. The zero-order valence-corrected chi connectivity index (χ0v) is 14.8. The summed E-state index contributed by atoms with van der Waals surface area (Å²) in [5.74, 6) is -0.747. The third-order valence-corrected chi connectivity index (χ3v) is 3.90. The van der Waals surface area contributed by atoms with E-state index in [0.29, 0.717) is 23.5 Å². The van der Waals surface area contributed by atoms with E-state index in [9.17, 15) is 9.59 Å². The van der Waals surface area contributed by atoms with Crippen molar-refractivity contribution in [3.63, 3.8) is 0 Å². The fourth-order valence-corrected chi connectivity index (χ4v) is 2.44. The van der Waals surface area contributed by atoms with Gasteiger partial charge >= 0.3 is 5.97 Å². The van der Waals surface area contributed by atoms with Crippen molar-refractivity contribution in [1.82, 2.24) is 4.98 Å².